The highest BCUT2D eigenvalue weighted by atomic mass is 35.5. The van der Waals surface area contributed by atoms with Crippen LogP contribution in [0.25, 0.3) is 0 Å². The molecule has 1 fully saturated rings. The summed E-state index contributed by atoms with van der Waals surface area (Å²) in [6.07, 6.45) is 1.57. The summed E-state index contributed by atoms with van der Waals surface area (Å²) in [4.78, 5) is 17.9. The van der Waals surface area contributed by atoms with Gasteiger partial charge in [-0.3, -0.25) is 9.79 Å². The van der Waals surface area contributed by atoms with Crippen molar-refractivity contribution in [1.82, 2.24) is 15.2 Å². The number of aliphatic imine (C=N–C) groups is 1. The minimum absolute atomic E-state index is 0.200. The maximum atomic E-state index is 11.8. The molecule has 144 valence electrons. The van der Waals surface area contributed by atoms with Crippen LogP contribution in [-0.2, 0) is 24.9 Å². The summed E-state index contributed by atoms with van der Waals surface area (Å²) in [5.74, 6) is 0.883. The van der Waals surface area contributed by atoms with Gasteiger partial charge in [-0.15, -0.1) is 0 Å². The molecule has 6 nitrogen and oxygen atoms in total. The number of rotatable bonds is 5. The molecule has 1 amide bonds. The van der Waals surface area contributed by atoms with Crippen LogP contribution in [0.1, 0.15) is 24.1 Å². The normalized spacial score (nSPS) is 14.7. The minimum Gasteiger partial charge on any atom is -0.352 e. The zero-order valence-electron chi connectivity index (χ0n) is 15.4. The number of guanidine groups is 1. The van der Waals surface area contributed by atoms with Crippen LogP contribution in [0.2, 0.25) is 10.2 Å². The van der Waals surface area contributed by atoms with E-state index in [9.17, 15) is 4.79 Å². The van der Waals surface area contributed by atoms with Crippen molar-refractivity contribution < 1.29 is 4.79 Å². The fourth-order valence-electron chi connectivity index (χ4n) is 3.05. The van der Waals surface area contributed by atoms with E-state index < -0.39 is 0 Å². The van der Waals surface area contributed by atoms with Crippen molar-refractivity contribution in [2.45, 2.75) is 25.9 Å². The fraction of sp³-hybridized carbons (Fsp3) is 0.368. The number of anilines is 1. The minimum atomic E-state index is 0.200. The summed E-state index contributed by atoms with van der Waals surface area (Å²) in [7, 11) is 3.59. The van der Waals surface area contributed by atoms with Gasteiger partial charge in [-0.2, -0.15) is 0 Å². The average molecular weight is 408 g/mol. The zero-order valence-corrected chi connectivity index (χ0v) is 16.9. The van der Waals surface area contributed by atoms with Crippen molar-refractivity contribution in [3.63, 3.8) is 0 Å². The molecule has 2 aromatic rings. The largest absolute Gasteiger partial charge is 0.352 e. The second-order valence-electron chi connectivity index (χ2n) is 6.43. The van der Waals surface area contributed by atoms with Gasteiger partial charge in [-0.1, -0.05) is 35.3 Å². The number of hydrogen-bond donors (Lipinski definition) is 2. The van der Waals surface area contributed by atoms with Crippen molar-refractivity contribution in [3.05, 3.63) is 51.8 Å². The Morgan fingerprint density at radius 1 is 1.19 bits per heavy atom. The van der Waals surface area contributed by atoms with Crippen LogP contribution in [0.5, 0.6) is 0 Å². The van der Waals surface area contributed by atoms with Crippen LogP contribution in [0.15, 0.2) is 35.3 Å². The van der Waals surface area contributed by atoms with Crippen LogP contribution in [0, 0.1) is 0 Å². The molecule has 27 heavy (non-hydrogen) atoms. The van der Waals surface area contributed by atoms with Gasteiger partial charge in [0.1, 0.15) is 5.15 Å². The third-order valence-corrected chi connectivity index (χ3v) is 5.50. The van der Waals surface area contributed by atoms with Gasteiger partial charge in [0.05, 0.1) is 11.6 Å². The Kier molecular flexibility index (Phi) is 6.29. The number of amides is 1. The van der Waals surface area contributed by atoms with E-state index in [4.69, 9.17) is 23.2 Å². The molecular weight excluding hydrogens is 385 g/mol. The van der Waals surface area contributed by atoms with E-state index in [1.54, 1.807) is 7.05 Å². The monoisotopic (exact) mass is 407 g/mol. The van der Waals surface area contributed by atoms with E-state index in [2.05, 4.69) is 15.6 Å². The molecule has 1 aliphatic heterocycles. The zero-order chi connectivity index (χ0) is 19.4. The van der Waals surface area contributed by atoms with E-state index in [0.717, 1.165) is 29.9 Å². The Balaban J connectivity index is 1.53. The number of hydrogen-bond acceptors (Lipinski definition) is 2. The van der Waals surface area contributed by atoms with E-state index in [1.165, 1.54) is 0 Å². The SMILES string of the molecule is CN=C(NCc1ccc(N2CCCC2=O)cc1)NCc1cc(Cl)c(Cl)n1C. The molecule has 0 aliphatic carbocycles. The molecule has 0 saturated carbocycles. The summed E-state index contributed by atoms with van der Waals surface area (Å²) >= 11 is 12.1. The number of aromatic nitrogens is 1. The molecule has 1 aliphatic rings. The van der Waals surface area contributed by atoms with Gasteiger partial charge in [-0.05, 0) is 30.2 Å². The first-order valence-electron chi connectivity index (χ1n) is 8.83. The molecule has 0 unspecified atom stereocenters. The lowest BCUT2D eigenvalue weighted by Crippen LogP contribution is -2.36. The Morgan fingerprint density at radius 2 is 1.89 bits per heavy atom. The molecule has 2 N–H and O–H groups in total. The standard InChI is InChI=1S/C19H23Cl2N5O/c1-22-19(24-12-15-10-16(20)18(21)25(15)2)23-11-13-5-7-14(8-6-13)26-9-3-4-17(26)27/h5-8,10H,3-4,9,11-12H2,1-2H3,(H2,22,23,24). The van der Waals surface area contributed by atoms with Crippen LogP contribution in [0.3, 0.4) is 0 Å². The maximum absolute atomic E-state index is 11.8. The summed E-state index contributed by atoms with van der Waals surface area (Å²) in [5, 5.41) is 7.58. The van der Waals surface area contributed by atoms with E-state index >= 15 is 0 Å². The van der Waals surface area contributed by atoms with Crippen molar-refractivity contribution in [2.24, 2.45) is 12.0 Å². The number of nitrogens with one attached hydrogen (secondary N) is 2. The van der Waals surface area contributed by atoms with Crippen molar-refractivity contribution >= 4 is 40.8 Å². The molecule has 8 heteroatoms. The highest BCUT2D eigenvalue weighted by Gasteiger charge is 2.21. The topological polar surface area (TPSA) is 61.7 Å². The summed E-state index contributed by atoms with van der Waals surface area (Å²) in [6, 6.07) is 9.87. The molecule has 0 bridgehead atoms. The lowest BCUT2D eigenvalue weighted by molar-refractivity contribution is -0.117. The van der Waals surface area contributed by atoms with Crippen molar-refractivity contribution in [1.29, 1.82) is 0 Å². The molecule has 1 aromatic carbocycles. The second kappa shape index (κ2) is 8.67. The molecule has 0 radical (unpaired) electrons. The third-order valence-electron chi connectivity index (χ3n) is 4.66. The van der Waals surface area contributed by atoms with E-state index in [0.29, 0.717) is 35.6 Å². The predicted molar refractivity (Wildman–Crippen MR) is 111 cm³/mol. The van der Waals surface area contributed by atoms with Gasteiger partial charge in [0.15, 0.2) is 5.96 Å². The van der Waals surface area contributed by atoms with Gasteiger partial charge < -0.3 is 20.1 Å². The molecule has 1 aromatic heterocycles. The first-order valence-corrected chi connectivity index (χ1v) is 9.58. The van der Waals surface area contributed by atoms with Crippen LogP contribution in [0.4, 0.5) is 5.69 Å². The van der Waals surface area contributed by atoms with Gasteiger partial charge >= 0.3 is 0 Å². The van der Waals surface area contributed by atoms with Crippen LogP contribution in [-0.4, -0.2) is 30.0 Å². The van der Waals surface area contributed by atoms with E-state index in [1.807, 2.05) is 46.8 Å². The molecule has 0 spiro atoms. The third kappa shape index (κ3) is 4.57. The highest BCUT2D eigenvalue weighted by molar-refractivity contribution is 6.41. The number of carbonyl (C=O) groups is 1. The van der Waals surface area contributed by atoms with Gasteiger partial charge in [0.2, 0.25) is 5.91 Å². The Hall–Kier alpha value is -2.18. The summed E-state index contributed by atoms with van der Waals surface area (Å²) in [5.41, 5.74) is 3.03. The quantitative estimate of drug-likeness (QED) is 0.590. The Morgan fingerprint density at radius 3 is 2.44 bits per heavy atom. The van der Waals surface area contributed by atoms with Crippen molar-refractivity contribution in [2.75, 3.05) is 18.5 Å². The molecule has 3 rings (SSSR count). The fourth-order valence-corrected chi connectivity index (χ4v) is 3.47. The Labute approximate surface area is 169 Å². The number of halogens is 2. The molecule has 2 heterocycles. The average Bonchev–Trinajstić information content (AvgIpc) is 3.21. The first-order chi connectivity index (χ1) is 13.0. The smallest absolute Gasteiger partial charge is 0.227 e. The molecule has 1 saturated heterocycles. The second-order valence-corrected chi connectivity index (χ2v) is 7.19. The van der Waals surface area contributed by atoms with Crippen LogP contribution >= 0.6 is 23.2 Å². The molecular formula is C19H23Cl2N5O. The summed E-state index contributed by atoms with van der Waals surface area (Å²) in [6.45, 7) is 1.99. The summed E-state index contributed by atoms with van der Waals surface area (Å²) < 4.78 is 1.84. The van der Waals surface area contributed by atoms with Gasteiger partial charge in [0.25, 0.3) is 0 Å². The van der Waals surface area contributed by atoms with E-state index in [-0.39, 0.29) is 5.91 Å². The number of carbonyl (C=O) groups excluding carboxylic acids is 1. The van der Waals surface area contributed by atoms with Crippen LogP contribution < -0.4 is 15.5 Å². The van der Waals surface area contributed by atoms with Gasteiger partial charge in [-0.25, -0.2) is 0 Å². The predicted octanol–water partition coefficient (Wildman–Crippen LogP) is 3.32. The molecule has 0 atom stereocenters. The highest BCUT2D eigenvalue weighted by Crippen LogP contribution is 2.25. The lowest BCUT2D eigenvalue weighted by Gasteiger charge is -2.16. The first kappa shape index (κ1) is 19.6. The maximum Gasteiger partial charge on any atom is 0.227 e. The lowest BCUT2D eigenvalue weighted by atomic mass is 10.2. The number of benzene rings is 1. The van der Waals surface area contributed by atoms with Crippen molar-refractivity contribution in [3.8, 4) is 0 Å². The Bertz CT molecular complexity index is 845. The number of nitrogens with zero attached hydrogens (tertiary/aromatic N) is 3. The van der Waals surface area contributed by atoms with Gasteiger partial charge in [0, 0.05) is 45.0 Å².